The average molecular weight is 552 g/mol. The topological polar surface area (TPSA) is 113 Å². The molecule has 30 heavy (non-hydrogen) atoms. The Hall–Kier alpha value is -2.15. The molecule has 0 aliphatic rings. The molecule has 0 saturated carbocycles. The van der Waals surface area contributed by atoms with Gasteiger partial charge in [-0.1, -0.05) is 6.07 Å². The van der Waals surface area contributed by atoms with Gasteiger partial charge in [0.25, 0.3) is 5.91 Å². The average Bonchev–Trinajstić information content (AvgIpc) is 3.18. The van der Waals surface area contributed by atoms with Crippen molar-refractivity contribution in [3.8, 4) is 0 Å². The van der Waals surface area contributed by atoms with E-state index in [0.29, 0.717) is 36.7 Å². The van der Waals surface area contributed by atoms with Gasteiger partial charge in [0.1, 0.15) is 5.82 Å². The Kier molecular flexibility index (Phi) is 10.8. The molecule has 11 heteroatoms. The molecule has 2 aromatic rings. The third kappa shape index (κ3) is 9.11. The van der Waals surface area contributed by atoms with Crippen molar-refractivity contribution in [3.05, 3.63) is 59.3 Å². The van der Waals surface area contributed by atoms with Crippen LogP contribution < -0.4 is 16.0 Å². The summed E-state index contributed by atoms with van der Waals surface area (Å²) in [5.41, 5.74) is 1.01. The van der Waals surface area contributed by atoms with Gasteiger partial charge in [-0.3, -0.25) is 4.79 Å². The molecule has 0 saturated heterocycles. The van der Waals surface area contributed by atoms with Crippen LogP contribution in [0.4, 0.5) is 4.39 Å². The second kappa shape index (κ2) is 12.5. The summed E-state index contributed by atoms with van der Waals surface area (Å²) in [5, 5.41) is 8.81. The van der Waals surface area contributed by atoms with Gasteiger partial charge < -0.3 is 20.4 Å². The lowest BCUT2D eigenvalue weighted by molar-refractivity contribution is 0.0926. The Morgan fingerprint density at radius 1 is 1.13 bits per heavy atom. The molecule has 2 rings (SSSR count). The van der Waals surface area contributed by atoms with Crippen LogP contribution in [0.2, 0.25) is 0 Å². The van der Waals surface area contributed by atoms with Crippen molar-refractivity contribution in [1.29, 1.82) is 0 Å². The van der Waals surface area contributed by atoms with E-state index in [-0.39, 0.29) is 47.9 Å². The van der Waals surface area contributed by atoms with Gasteiger partial charge in [-0.25, -0.2) is 17.8 Å². The molecule has 0 unspecified atom stereocenters. The van der Waals surface area contributed by atoms with Crippen molar-refractivity contribution in [2.45, 2.75) is 19.2 Å². The summed E-state index contributed by atoms with van der Waals surface area (Å²) in [5.74, 6) is -0.250. The fraction of sp³-hybridized carbons (Fsp3) is 0.368. The molecule has 1 heterocycles. The largest absolute Gasteiger partial charge is 0.459 e. The van der Waals surface area contributed by atoms with Crippen LogP contribution in [0, 0.1) is 5.82 Å². The quantitative estimate of drug-likeness (QED) is 0.190. The lowest BCUT2D eigenvalue weighted by Gasteiger charge is -2.13. The molecule has 0 radical (unpaired) electrons. The van der Waals surface area contributed by atoms with E-state index in [1.807, 2.05) is 6.92 Å². The molecule has 0 fully saturated rings. The molecular formula is C19H26FIN4O4S. The second-order valence-corrected chi connectivity index (χ2v) is 8.48. The monoisotopic (exact) mass is 552 g/mol. The van der Waals surface area contributed by atoms with Crippen molar-refractivity contribution in [2.24, 2.45) is 4.99 Å². The van der Waals surface area contributed by atoms with Gasteiger partial charge in [0.05, 0.1) is 18.6 Å². The van der Waals surface area contributed by atoms with Crippen molar-refractivity contribution in [1.82, 2.24) is 16.0 Å². The van der Waals surface area contributed by atoms with Crippen LogP contribution in [0.15, 0.2) is 46.0 Å². The van der Waals surface area contributed by atoms with Crippen molar-refractivity contribution < 1.29 is 22.0 Å². The number of aliphatic imine (C=N–C) groups is 1. The van der Waals surface area contributed by atoms with Gasteiger partial charge in [0, 0.05) is 25.9 Å². The summed E-state index contributed by atoms with van der Waals surface area (Å²) in [6.45, 7) is 3.34. The molecule has 0 atom stereocenters. The fourth-order valence-electron chi connectivity index (χ4n) is 2.52. The second-order valence-electron chi connectivity index (χ2n) is 6.34. The normalized spacial score (nSPS) is 11.5. The van der Waals surface area contributed by atoms with Gasteiger partial charge in [-0.05, 0) is 42.3 Å². The number of benzene rings is 1. The van der Waals surface area contributed by atoms with Crippen molar-refractivity contribution in [2.75, 3.05) is 25.9 Å². The molecule has 1 aromatic heterocycles. The standard InChI is InChI=1S/C19H25FN4O4S.HI/c1-3-21-19(23-9-8-22-18(25)17-5-4-10-28-17)24-12-15-11-16(20)7-6-14(15)13-29(2,26)27;/h4-7,10-11H,3,8-9,12-13H2,1-2H3,(H,22,25)(H2,21,23,24);1H. The number of rotatable bonds is 9. The fourth-order valence-corrected chi connectivity index (χ4v) is 3.37. The van der Waals surface area contributed by atoms with E-state index in [4.69, 9.17) is 4.42 Å². The Balaban J connectivity index is 0.00000450. The van der Waals surface area contributed by atoms with Crippen LogP contribution in [0.5, 0.6) is 0 Å². The Morgan fingerprint density at radius 3 is 2.50 bits per heavy atom. The number of nitrogens with zero attached hydrogens (tertiary/aromatic N) is 1. The Labute approximate surface area is 192 Å². The number of furan rings is 1. The molecule has 3 N–H and O–H groups in total. The van der Waals surface area contributed by atoms with Crippen LogP contribution >= 0.6 is 24.0 Å². The summed E-state index contributed by atoms with van der Waals surface area (Å²) >= 11 is 0. The first-order valence-electron chi connectivity index (χ1n) is 9.07. The summed E-state index contributed by atoms with van der Waals surface area (Å²) in [7, 11) is -3.26. The smallest absolute Gasteiger partial charge is 0.287 e. The lowest BCUT2D eigenvalue weighted by atomic mass is 10.1. The van der Waals surface area contributed by atoms with E-state index in [2.05, 4.69) is 20.9 Å². The van der Waals surface area contributed by atoms with Crippen LogP contribution in [0.3, 0.4) is 0 Å². The number of halogens is 2. The SMILES string of the molecule is CCNC(=NCc1cc(F)ccc1CS(C)(=O)=O)NCCNC(=O)c1ccco1.I. The van der Waals surface area contributed by atoms with E-state index in [1.165, 1.54) is 24.5 Å². The molecule has 1 aromatic carbocycles. The zero-order valence-electron chi connectivity index (χ0n) is 16.8. The molecule has 1 amide bonds. The van der Waals surface area contributed by atoms with E-state index in [1.54, 1.807) is 12.1 Å². The lowest BCUT2D eigenvalue weighted by Crippen LogP contribution is -2.41. The van der Waals surface area contributed by atoms with Gasteiger partial charge in [0.15, 0.2) is 21.6 Å². The number of amides is 1. The van der Waals surface area contributed by atoms with Gasteiger partial charge >= 0.3 is 0 Å². The minimum atomic E-state index is -3.26. The van der Waals surface area contributed by atoms with E-state index < -0.39 is 15.7 Å². The molecule has 8 nitrogen and oxygen atoms in total. The molecule has 0 bridgehead atoms. The van der Waals surface area contributed by atoms with Crippen LogP contribution in [-0.2, 0) is 22.1 Å². The first kappa shape index (κ1) is 25.9. The number of nitrogens with one attached hydrogen (secondary N) is 3. The Bertz CT molecular complexity index is 949. The first-order chi connectivity index (χ1) is 13.8. The maximum absolute atomic E-state index is 13.6. The van der Waals surface area contributed by atoms with E-state index in [0.717, 1.165) is 6.26 Å². The third-order valence-electron chi connectivity index (χ3n) is 3.79. The molecule has 0 spiro atoms. The minimum absolute atomic E-state index is 0. The van der Waals surface area contributed by atoms with Crippen LogP contribution in [-0.4, -0.2) is 46.2 Å². The number of sulfone groups is 1. The van der Waals surface area contributed by atoms with Crippen molar-refractivity contribution >= 4 is 45.7 Å². The number of guanidine groups is 1. The van der Waals surface area contributed by atoms with E-state index >= 15 is 0 Å². The highest BCUT2D eigenvalue weighted by molar-refractivity contribution is 14.0. The highest BCUT2D eigenvalue weighted by Gasteiger charge is 2.11. The maximum Gasteiger partial charge on any atom is 0.287 e. The van der Waals surface area contributed by atoms with Gasteiger partial charge in [-0.2, -0.15) is 0 Å². The number of hydrogen-bond acceptors (Lipinski definition) is 5. The summed E-state index contributed by atoms with van der Waals surface area (Å²) < 4.78 is 41.8. The molecule has 0 aliphatic heterocycles. The predicted octanol–water partition coefficient (Wildman–Crippen LogP) is 2.07. The van der Waals surface area contributed by atoms with E-state index in [9.17, 15) is 17.6 Å². The molecular weight excluding hydrogens is 526 g/mol. The van der Waals surface area contributed by atoms with Crippen molar-refractivity contribution in [3.63, 3.8) is 0 Å². The first-order valence-corrected chi connectivity index (χ1v) is 11.1. The zero-order chi connectivity index (χ0) is 21.3. The third-order valence-corrected chi connectivity index (χ3v) is 4.62. The summed E-state index contributed by atoms with van der Waals surface area (Å²) in [6.07, 6.45) is 2.56. The summed E-state index contributed by atoms with van der Waals surface area (Å²) in [6, 6.07) is 7.19. The van der Waals surface area contributed by atoms with Gasteiger partial charge in [-0.15, -0.1) is 24.0 Å². The van der Waals surface area contributed by atoms with Crippen LogP contribution in [0.1, 0.15) is 28.6 Å². The highest BCUT2D eigenvalue weighted by Crippen LogP contribution is 2.15. The maximum atomic E-state index is 13.6. The Morgan fingerprint density at radius 2 is 1.87 bits per heavy atom. The molecule has 0 aliphatic carbocycles. The predicted molar refractivity (Wildman–Crippen MR) is 124 cm³/mol. The van der Waals surface area contributed by atoms with Crippen LogP contribution in [0.25, 0.3) is 0 Å². The summed E-state index contributed by atoms with van der Waals surface area (Å²) in [4.78, 5) is 16.2. The minimum Gasteiger partial charge on any atom is -0.459 e. The number of carbonyl (C=O) groups is 1. The molecule has 166 valence electrons. The highest BCUT2D eigenvalue weighted by atomic mass is 127. The number of hydrogen-bond donors (Lipinski definition) is 3. The number of carbonyl (C=O) groups excluding carboxylic acids is 1. The van der Waals surface area contributed by atoms with Gasteiger partial charge in [0.2, 0.25) is 0 Å². The zero-order valence-corrected chi connectivity index (χ0v) is 19.9.